The second-order valence-corrected chi connectivity index (χ2v) is 9.35. The molecule has 0 unspecified atom stereocenters. The van der Waals surface area contributed by atoms with Gasteiger partial charge >= 0.3 is 6.01 Å². The molecule has 2 aromatic carbocycles. The number of ether oxygens (including phenoxy) is 1. The molecule has 0 saturated heterocycles. The Balaban J connectivity index is 1.57. The Morgan fingerprint density at radius 1 is 1.03 bits per heavy atom. The van der Waals surface area contributed by atoms with Crippen molar-refractivity contribution in [3.63, 3.8) is 0 Å². The van der Waals surface area contributed by atoms with Crippen molar-refractivity contribution in [1.29, 1.82) is 0 Å². The molecule has 188 valence electrons. The van der Waals surface area contributed by atoms with E-state index < -0.39 is 11.9 Å². The molecule has 9 nitrogen and oxygen atoms in total. The molecule has 4 aromatic heterocycles. The zero-order chi connectivity index (χ0) is 26.2. The fraction of sp³-hybridized carbons (Fsp3) is 0.111. The van der Waals surface area contributed by atoms with Crippen molar-refractivity contribution in [1.82, 2.24) is 29.5 Å². The van der Waals surface area contributed by atoms with Crippen LogP contribution < -0.4 is 15.6 Å². The van der Waals surface area contributed by atoms with Crippen LogP contribution in [0.4, 0.5) is 10.2 Å². The first kappa shape index (κ1) is 23.6. The highest BCUT2D eigenvalue weighted by atomic mass is 32.1. The number of pyridine rings is 1. The highest BCUT2D eigenvalue weighted by Crippen LogP contribution is 2.31. The molecule has 0 aliphatic carbocycles. The van der Waals surface area contributed by atoms with Gasteiger partial charge in [-0.05, 0) is 42.1 Å². The Labute approximate surface area is 219 Å². The predicted octanol–water partition coefficient (Wildman–Crippen LogP) is 5.17. The summed E-state index contributed by atoms with van der Waals surface area (Å²) in [4.78, 5) is 36.4. The average molecular weight is 526 g/mol. The Morgan fingerprint density at radius 2 is 1.84 bits per heavy atom. The van der Waals surface area contributed by atoms with E-state index in [0.29, 0.717) is 39.2 Å². The van der Waals surface area contributed by atoms with Gasteiger partial charge in [-0.2, -0.15) is 0 Å². The van der Waals surface area contributed by atoms with Crippen LogP contribution in [0, 0.1) is 5.82 Å². The molecule has 0 aliphatic rings. The van der Waals surface area contributed by atoms with Crippen molar-refractivity contribution >= 4 is 38.3 Å². The standard InChI is InChI=1S/C27H20FN7O2S/c1-15(34-24-23-25(32-13-31-24)38-14-33-23)21-9-16-5-3-8-20(17-11-29-27(37-2)30-12-17)22(16)26(36)35(21)19-7-4-6-18(28)10-19/h3-15H,1-2H3,(H,31,32,34)/t15-/m0/s1. The molecular formula is C27H20FN7O2S. The molecule has 6 rings (SSSR count). The number of thiazole rings is 1. The maximum Gasteiger partial charge on any atom is 0.316 e. The van der Waals surface area contributed by atoms with Gasteiger partial charge in [0.05, 0.1) is 29.7 Å². The first-order chi connectivity index (χ1) is 18.5. The normalized spacial score (nSPS) is 12.1. The molecule has 0 bridgehead atoms. The molecule has 6 aromatic rings. The molecule has 0 aliphatic heterocycles. The van der Waals surface area contributed by atoms with E-state index in [1.807, 2.05) is 31.2 Å². The van der Waals surface area contributed by atoms with Crippen LogP contribution in [0.5, 0.6) is 6.01 Å². The fourth-order valence-corrected chi connectivity index (χ4v) is 5.09. The first-order valence-electron chi connectivity index (χ1n) is 11.6. The maximum absolute atomic E-state index is 14.3. The SMILES string of the molecule is COc1ncc(-c2cccc3cc([C@H](C)Nc4ncnc5scnc45)n(-c4cccc(F)c4)c(=O)c23)cn1. The lowest BCUT2D eigenvalue weighted by molar-refractivity contribution is 0.380. The third-order valence-electron chi connectivity index (χ3n) is 6.20. The van der Waals surface area contributed by atoms with Crippen LogP contribution in [0.3, 0.4) is 0 Å². The number of fused-ring (bicyclic) bond motifs is 2. The molecule has 4 heterocycles. The number of rotatable bonds is 6. The van der Waals surface area contributed by atoms with E-state index in [-0.39, 0.29) is 11.6 Å². The van der Waals surface area contributed by atoms with E-state index in [9.17, 15) is 9.18 Å². The van der Waals surface area contributed by atoms with Gasteiger partial charge in [-0.15, -0.1) is 11.3 Å². The van der Waals surface area contributed by atoms with E-state index in [1.54, 1.807) is 30.0 Å². The summed E-state index contributed by atoms with van der Waals surface area (Å²) >= 11 is 1.41. The van der Waals surface area contributed by atoms with Crippen molar-refractivity contribution in [2.45, 2.75) is 13.0 Å². The molecular weight excluding hydrogens is 505 g/mol. The van der Waals surface area contributed by atoms with Crippen LogP contribution in [0.1, 0.15) is 18.7 Å². The lowest BCUT2D eigenvalue weighted by Gasteiger charge is -2.22. The molecule has 0 radical (unpaired) electrons. The van der Waals surface area contributed by atoms with E-state index in [4.69, 9.17) is 4.74 Å². The summed E-state index contributed by atoms with van der Waals surface area (Å²) in [5, 5.41) is 4.56. The van der Waals surface area contributed by atoms with Crippen molar-refractivity contribution in [2.24, 2.45) is 0 Å². The van der Waals surface area contributed by atoms with Gasteiger partial charge in [0.15, 0.2) is 5.82 Å². The van der Waals surface area contributed by atoms with E-state index in [1.165, 1.54) is 41.5 Å². The number of anilines is 1. The summed E-state index contributed by atoms with van der Waals surface area (Å²) in [6.07, 6.45) is 4.69. The summed E-state index contributed by atoms with van der Waals surface area (Å²) in [5.74, 6) is 0.101. The smallest absolute Gasteiger partial charge is 0.316 e. The maximum atomic E-state index is 14.3. The minimum atomic E-state index is -0.446. The first-order valence-corrected chi connectivity index (χ1v) is 12.5. The van der Waals surface area contributed by atoms with E-state index in [0.717, 1.165) is 10.2 Å². The van der Waals surface area contributed by atoms with E-state index >= 15 is 0 Å². The summed E-state index contributed by atoms with van der Waals surface area (Å²) < 4.78 is 20.9. The molecule has 0 spiro atoms. The molecule has 11 heteroatoms. The number of methoxy groups -OCH3 is 1. The predicted molar refractivity (Wildman–Crippen MR) is 144 cm³/mol. The number of hydrogen-bond donors (Lipinski definition) is 1. The second kappa shape index (κ2) is 9.60. The van der Waals surface area contributed by atoms with Crippen molar-refractivity contribution < 1.29 is 9.13 Å². The Hall–Kier alpha value is -4.77. The Bertz CT molecular complexity index is 1850. The van der Waals surface area contributed by atoms with Gasteiger partial charge in [-0.3, -0.25) is 9.36 Å². The van der Waals surface area contributed by atoms with Gasteiger partial charge < -0.3 is 10.1 Å². The summed E-state index contributed by atoms with van der Waals surface area (Å²) in [7, 11) is 1.49. The summed E-state index contributed by atoms with van der Waals surface area (Å²) in [6, 6.07) is 13.3. The van der Waals surface area contributed by atoms with Gasteiger partial charge in [0.25, 0.3) is 5.56 Å². The van der Waals surface area contributed by atoms with Gasteiger partial charge in [0.1, 0.15) is 22.5 Å². The van der Waals surface area contributed by atoms with Crippen LogP contribution in [0.2, 0.25) is 0 Å². The third kappa shape index (κ3) is 4.12. The van der Waals surface area contributed by atoms with Gasteiger partial charge in [-0.1, -0.05) is 24.3 Å². The number of hydrogen-bond acceptors (Lipinski definition) is 9. The monoisotopic (exact) mass is 525 g/mol. The number of benzene rings is 2. The fourth-order valence-electron chi connectivity index (χ4n) is 4.46. The van der Waals surface area contributed by atoms with Gasteiger partial charge in [-0.25, -0.2) is 29.3 Å². The number of nitrogens with zero attached hydrogens (tertiary/aromatic N) is 6. The van der Waals surface area contributed by atoms with Crippen LogP contribution in [-0.2, 0) is 0 Å². The molecule has 38 heavy (non-hydrogen) atoms. The number of nitrogens with one attached hydrogen (secondary N) is 1. The lowest BCUT2D eigenvalue weighted by Crippen LogP contribution is -2.26. The van der Waals surface area contributed by atoms with Gasteiger partial charge in [0.2, 0.25) is 0 Å². The van der Waals surface area contributed by atoms with Crippen LogP contribution in [0.15, 0.2) is 77.6 Å². The third-order valence-corrected chi connectivity index (χ3v) is 6.93. The largest absolute Gasteiger partial charge is 0.467 e. The van der Waals surface area contributed by atoms with Crippen LogP contribution in [0.25, 0.3) is 37.9 Å². The van der Waals surface area contributed by atoms with Crippen molar-refractivity contribution in [2.75, 3.05) is 12.4 Å². The zero-order valence-electron chi connectivity index (χ0n) is 20.3. The highest BCUT2D eigenvalue weighted by molar-refractivity contribution is 7.16. The Morgan fingerprint density at radius 3 is 2.63 bits per heavy atom. The zero-order valence-corrected chi connectivity index (χ0v) is 21.1. The molecule has 0 saturated carbocycles. The minimum Gasteiger partial charge on any atom is -0.467 e. The average Bonchev–Trinajstić information content (AvgIpc) is 3.43. The number of aromatic nitrogens is 6. The summed E-state index contributed by atoms with van der Waals surface area (Å²) in [6.45, 7) is 1.91. The van der Waals surface area contributed by atoms with Crippen LogP contribution in [-0.4, -0.2) is 36.6 Å². The van der Waals surface area contributed by atoms with E-state index in [2.05, 4.69) is 30.2 Å². The number of halogens is 1. The quantitative estimate of drug-likeness (QED) is 0.317. The Kier molecular flexibility index (Phi) is 5.97. The van der Waals surface area contributed by atoms with Gasteiger partial charge in [0, 0.05) is 23.7 Å². The summed E-state index contributed by atoms with van der Waals surface area (Å²) in [5.41, 5.74) is 4.40. The minimum absolute atomic E-state index is 0.229. The molecule has 1 N–H and O–H groups in total. The molecule has 0 amide bonds. The highest BCUT2D eigenvalue weighted by Gasteiger charge is 2.20. The van der Waals surface area contributed by atoms with Crippen molar-refractivity contribution in [3.05, 3.63) is 94.6 Å². The van der Waals surface area contributed by atoms with Crippen molar-refractivity contribution in [3.8, 4) is 22.8 Å². The molecule has 1 atom stereocenters. The second-order valence-electron chi connectivity index (χ2n) is 8.51. The lowest BCUT2D eigenvalue weighted by atomic mass is 9.99. The molecule has 0 fully saturated rings. The van der Waals surface area contributed by atoms with Crippen LogP contribution >= 0.6 is 11.3 Å². The topological polar surface area (TPSA) is 108 Å².